The molecule has 0 rings (SSSR count). The largest absolute Gasteiger partial charge is 0.393 e. The standard InChI is InChI=1S/C18H38N2O2/c1-4-5-6-7-8-9-10-13-19-18(22)20-14-11-12-17(21)15-16(2)3/h16-17,21H,4-15H2,1-3H3,(H2,19,20,22). The van der Waals surface area contributed by atoms with E-state index in [2.05, 4.69) is 31.4 Å². The predicted molar refractivity (Wildman–Crippen MR) is 94.1 cm³/mol. The molecule has 0 aromatic heterocycles. The fourth-order valence-corrected chi connectivity index (χ4v) is 2.55. The quantitative estimate of drug-likeness (QED) is 0.420. The van der Waals surface area contributed by atoms with Gasteiger partial charge in [-0.3, -0.25) is 0 Å². The van der Waals surface area contributed by atoms with Crippen LogP contribution in [-0.4, -0.2) is 30.3 Å². The highest BCUT2D eigenvalue weighted by Crippen LogP contribution is 2.09. The van der Waals surface area contributed by atoms with Crippen molar-refractivity contribution in [3.8, 4) is 0 Å². The number of nitrogens with one attached hydrogen (secondary N) is 2. The Kier molecular flexibility index (Phi) is 14.6. The second-order valence-electron chi connectivity index (χ2n) is 6.73. The summed E-state index contributed by atoms with van der Waals surface area (Å²) in [7, 11) is 0. The van der Waals surface area contributed by atoms with Crippen molar-refractivity contribution in [2.24, 2.45) is 5.92 Å². The van der Waals surface area contributed by atoms with Crippen LogP contribution in [0.1, 0.15) is 85.0 Å². The number of rotatable bonds is 14. The summed E-state index contributed by atoms with van der Waals surface area (Å²) in [6.45, 7) is 7.85. The zero-order valence-electron chi connectivity index (χ0n) is 15.0. The first-order valence-electron chi connectivity index (χ1n) is 9.26. The lowest BCUT2D eigenvalue weighted by Crippen LogP contribution is -2.36. The Morgan fingerprint density at radius 2 is 1.45 bits per heavy atom. The van der Waals surface area contributed by atoms with Crippen molar-refractivity contribution in [1.82, 2.24) is 10.6 Å². The van der Waals surface area contributed by atoms with Crippen molar-refractivity contribution in [3.05, 3.63) is 0 Å². The lowest BCUT2D eigenvalue weighted by molar-refractivity contribution is 0.137. The summed E-state index contributed by atoms with van der Waals surface area (Å²) in [6, 6.07) is -0.0793. The third-order valence-corrected chi connectivity index (χ3v) is 3.81. The number of carbonyl (C=O) groups is 1. The smallest absolute Gasteiger partial charge is 0.314 e. The Morgan fingerprint density at radius 3 is 2.05 bits per heavy atom. The highest BCUT2D eigenvalue weighted by molar-refractivity contribution is 5.73. The van der Waals surface area contributed by atoms with Gasteiger partial charge in [0.1, 0.15) is 0 Å². The fraction of sp³-hybridized carbons (Fsp3) is 0.944. The summed E-state index contributed by atoms with van der Waals surface area (Å²) in [4.78, 5) is 11.6. The number of hydrogen-bond acceptors (Lipinski definition) is 2. The minimum absolute atomic E-state index is 0.0793. The Morgan fingerprint density at radius 1 is 0.909 bits per heavy atom. The zero-order chi connectivity index (χ0) is 16.6. The molecular formula is C18H38N2O2. The van der Waals surface area contributed by atoms with E-state index < -0.39 is 0 Å². The molecule has 3 N–H and O–H groups in total. The normalized spacial score (nSPS) is 12.4. The van der Waals surface area contributed by atoms with Crippen LogP contribution in [0.5, 0.6) is 0 Å². The molecule has 132 valence electrons. The minimum atomic E-state index is -0.238. The topological polar surface area (TPSA) is 61.4 Å². The van der Waals surface area contributed by atoms with E-state index >= 15 is 0 Å². The molecule has 0 bridgehead atoms. The van der Waals surface area contributed by atoms with Crippen molar-refractivity contribution >= 4 is 6.03 Å². The molecule has 4 nitrogen and oxygen atoms in total. The molecule has 0 aromatic rings. The molecule has 0 spiro atoms. The van der Waals surface area contributed by atoms with Gasteiger partial charge in [-0.25, -0.2) is 4.79 Å². The maximum absolute atomic E-state index is 11.6. The van der Waals surface area contributed by atoms with Crippen LogP contribution in [0.4, 0.5) is 4.79 Å². The van der Waals surface area contributed by atoms with Gasteiger partial charge in [0.05, 0.1) is 6.10 Å². The molecule has 0 aliphatic rings. The van der Waals surface area contributed by atoms with Gasteiger partial charge in [0.2, 0.25) is 0 Å². The van der Waals surface area contributed by atoms with Gasteiger partial charge < -0.3 is 15.7 Å². The zero-order valence-corrected chi connectivity index (χ0v) is 15.0. The molecule has 1 unspecified atom stereocenters. The average Bonchev–Trinajstić information content (AvgIpc) is 2.45. The molecule has 0 aromatic carbocycles. The van der Waals surface area contributed by atoms with Gasteiger partial charge in [0.15, 0.2) is 0 Å². The van der Waals surface area contributed by atoms with Crippen molar-refractivity contribution in [2.45, 2.75) is 91.1 Å². The van der Waals surface area contributed by atoms with E-state index in [0.717, 1.165) is 32.2 Å². The maximum Gasteiger partial charge on any atom is 0.314 e. The van der Waals surface area contributed by atoms with E-state index in [9.17, 15) is 9.90 Å². The number of unbranched alkanes of at least 4 members (excludes halogenated alkanes) is 6. The van der Waals surface area contributed by atoms with Crippen LogP contribution in [0.2, 0.25) is 0 Å². The second-order valence-corrected chi connectivity index (χ2v) is 6.73. The third-order valence-electron chi connectivity index (χ3n) is 3.81. The monoisotopic (exact) mass is 314 g/mol. The summed E-state index contributed by atoms with van der Waals surface area (Å²) in [5.74, 6) is 0.522. The lowest BCUT2D eigenvalue weighted by atomic mass is 10.0. The SMILES string of the molecule is CCCCCCCCCNC(=O)NCCCC(O)CC(C)C. The van der Waals surface area contributed by atoms with Crippen molar-refractivity contribution in [1.29, 1.82) is 0 Å². The Bertz CT molecular complexity index is 257. The Balaban J connectivity index is 3.29. The molecule has 0 heterocycles. The van der Waals surface area contributed by atoms with Crippen molar-refractivity contribution < 1.29 is 9.90 Å². The van der Waals surface area contributed by atoms with Crippen LogP contribution in [0.15, 0.2) is 0 Å². The number of aliphatic hydroxyl groups excluding tert-OH is 1. The number of hydrogen-bond donors (Lipinski definition) is 3. The highest BCUT2D eigenvalue weighted by Gasteiger charge is 2.06. The molecule has 22 heavy (non-hydrogen) atoms. The molecule has 0 aliphatic heterocycles. The molecule has 0 fully saturated rings. The Labute approximate surface area is 137 Å². The molecule has 0 saturated heterocycles. The number of carbonyl (C=O) groups excluding carboxylic acids is 1. The minimum Gasteiger partial charge on any atom is -0.393 e. The third kappa shape index (κ3) is 15.6. The van der Waals surface area contributed by atoms with Crippen molar-refractivity contribution in [3.63, 3.8) is 0 Å². The van der Waals surface area contributed by atoms with Crippen LogP contribution in [0.25, 0.3) is 0 Å². The molecular weight excluding hydrogens is 276 g/mol. The highest BCUT2D eigenvalue weighted by atomic mass is 16.3. The molecule has 1 atom stereocenters. The number of aliphatic hydroxyl groups is 1. The van der Waals surface area contributed by atoms with Gasteiger partial charge >= 0.3 is 6.03 Å². The lowest BCUT2D eigenvalue weighted by Gasteiger charge is -2.13. The second kappa shape index (κ2) is 15.1. The van der Waals surface area contributed by atoms with Gasteiger partial charge in [0.25, 0.3) is 0 Å². The molecule has 2 amide bonds. The van der Waals surface area contributed by atoms with Crippen LogP contribution in [0, 0.1) is 5.92 Å². The molecule has 4 heteroatoms. The number of urea groups is 1. The summed E-state index contributed by atoms with van der Waals surface area (Å²) >= 11 is 0. The van der Waals surface area contributed by atoms with Crippen LogP contribution in [0.3, 0.4) is 0 Å². The first kappa shape index (κ1) is 21.2. The van der Waals surface area contributed by atoms with E-state index in [0.29, 0.717) is 12.5 Å². The Hall–Kier alpha value is -0.770. The van der Waals surface area contributed by atoms with E-state index in [-0.39, 0.29) is 12.1 Å². The van der Waals surface area contributed by atoms with E-state index in [1.807, 2.05) is 0 Å². The van der Waals surface area contributed by atoms with Crippen LogP contribution >= 0.6 is 0 Å². The fourth-order valence-electron chi connectivity index (χ4n) is 2.55. The summed E-state index contributed by atoms with van der Waals surface area (Å²) in [5, 5.41) is 15.5. The maximum atomic E-state index is 11.6. The van der Waals surface area contributed by atoms with Gasteiger partial charge in [-0.2, -0.15) is 0 Å². The van der Waals surface area contributed by atoms with E-state index in [1.165, 1.54) is 38.5 Å². The molecule has 0 saturated carbocycles. The van der Waals surface area contributed by atoms with Gasteiger partial charge in [-0.05, 0) is 31.6 Å². The molecule has 0 radical (unpaired) electrons. The predicted octanol–water partition coefficient (Wildman–Crippen LogP) is 4.22. The van der Waals surface area contributed by atoms with E-state index in [4.69, 9.17) is 0 Å². The molecule has 0 aliphatic carbocycles. The van der Waals surface area contributed by atoms with Gasteiger partial charge in [-0.15, -0.1) is 0 Å². The van der Waals surface area contributed by atoms with E-state index in [1.54, 1.807) is 0 Å². The first-order chi connectivity index (χ1) is 10.6. The van der Waals surface area contributed by atoms with Gasteiger partial charge in [0, 0.05) is 13.1 Å². The first-order valence-corrected chi connectivity index (χ1v) is 9.26. The van der Waals surface area contributed by atoms with Crippen molar-refractivity contribution in [2.75, 3.05) is 13.1 Å². The summed E-state index contributed by atoms with van der Waals surface area (Å²) in [6.07, 6.45) is 11.0. The van der Waals surface area contributed by atoms with Gasteiger partial charge in [-0.1, -0.05) is 59.3 Å². The van der Waals surface area contributed by atoms with Crippen LogP contribution in [-0.2, 0) is 0 Å². The number of amides is 2. The average molecular weight is 315 g/mol. The summed E-state index contributed by atoms with van der Waals surface area (Å²) < 4.78 is 0. The summed E-state index contributed by atoms with van der Waals surface area (Å²) in [5.41, 5.74) is 0. The van der Waals surface area contributed by atoms with Crippen LogP contribution < -0.4 is 10.6 Å².